The highest BCUT2D eigenvalue weighted by molar-refractivity contribution is 5.57. The third-order valence-corrected chi connectivity index (χ3v) is 4.13. The maximum atomic E-state index is 9.33. The van der Waals surface area contributed by atoms with Gasteiger partial charge in [-0.15, -0.1) is 5.10 Å². The molecule has 0 aliphatic carbocycles. The fourth-order valence-corrected chi connectivity index (χ4v) is 2.59. The van der Waals surface area contributed by atoms with Gasteiger partial charge in [-0.1, -0.05) is 0 Å². The van der Waals surface area contributed by atoms with Crippen LogP contribution in [0.15, 0.2) is 0 Å². The first-order chi connectivity index (χ1) is 9.04. The second-order valence-corrected chi connectivity index (χ2v) is 5.40. The summed E-state index contributed by atoms with van der Waals surface area (Å²) in [4.78, 5) is 2.16. The molecule has 1 unspecified atom stereocenters. The minimum absolute atomic E-state index is 0.239. The molecule has 0 spiro atoms. The lowest BCUT2D eigenvalue weighted by Crippen LogP contribution is -2.40. The Hall–Kier alpha value is -1.67. The second kappa shape index (κ2) is 5.54. The predicted molar refractivity (Wildman–Crippen MR) is 74.8 cm³/mol. The molecule has 1 atom stereocenters. The molecule has 2 N–H and O–H groups in total. The van der Waals surface area contributed by atoms with Crippen LogP contribution >= 0.6 is 0 Å². The average molecular weight is 259 g/mol. The predicted octanol–water partition coefficient (Wildman–Crippen LogP) is 1.53. The van der Waals surface area contributed by atoms with Crippen LogP contribution in [0.3, 0.4) is 0 Å². The van der Waals surface area contributed by atoms with E-state index in [0.717, 1.165) is 43.0 Å². The van der Waals surface area contributed by atoms with Gasteiger partial charge >= 0.3 is 0 Å². The molecule has 19 heavy (non-hydrogen) atoms. The minimum Gasteiger partial charge on any atom is -0.354 e. The summed E-state index contributed by atoms with van der Waals surface area (Å²) in [6.45, 7) is 7.68. The third-order valence-electron chi connectivity index (χ3n) is 4.13. The summed E-state index contributed by atoms with van der Waals surface area (Å²) in [6, 6.07) is 2.51. The van der Waals surface area contributed by atoms with Gasteiger partial charge in [0.15, 0.2) is 5.82 Å². The van der Waals surface area contributed by atoms with E-state index in [9.17, 15) is 5.26 Å². The molecule has 2 heterocycles. The number of aromatic nitrogens is 2. The van der Waals surface area contributed by atoms with Crippen LogP contribution in [0.25, 0.3) is 0 Å². The monoisotopic (exact) mass is 259 g/mol. The number of hydrogen-bond donors (Lipinski definition) is 1. The molecular formula is C14H21N5. The molecule has 102 valence electrons. The number of piperidine rings is 1. The highest BCUT2D eigenvalue weighted by Crippen LogP contribution is 2.27. The van der Waals surface area contributed by atoms with Crippen molar-refractivity contribution in [1.82, 2.24) is 10.2 Å². The van der Waals surface area contributed by atoms with Gasteiger partial charge in [-0.05, 0) is 45.1 Å². The van der Waals surface area contributed by atoms with Crippen molar-refractivity contribution < 1.29 is 0 Å². The molecule has 1 aromatic rings. The minimum atomic E-state index is 0.239. The maximum absolute atomic E-state index is 9.33. The molecule has 0 saturated carbocycles. The van der Waals surface area contributed by atoms with Crippen molar-refractivity contribution in [1.29, 1.82) is 5.26 Å². The van der Waals surface area contributed by atoms with Gasteiger partial charge < -0.3 is 10.6 Å². The second-order valence-electron chi connectivity index (χ2n) is 5.40. The number of rotatable bonds is 2. The van der Waals surface area contributed by atoms with Gasteiger partial charge in [0.2, 0.25) is 0 Å². The topological polar surface area (TPSA) is 78.8 Å². The Morgan fingerprint density at radius 3 is 2.47 bits per heavy atom. The maximum Gasteiger partial charge on any atom is 0.169 e. The van der Waals surface area contributed by atoms with Crippen LogP contribution in [0, 0.1) is 31.1 Å². The summed E-state index contributed by atoms with van der Waals surface area (Å²) in [5, 5.41) is 17.7. The molecule has 0 aromatic carbocycles. The van der Waals surface area contributed by atoms with Gasteiger partial charge in [-0.25, -0.2) is 0 Å². The molecular weight excluding hydrogens is 238 g/mol. The molecule has 2 rings (SSSR count). The summed E-state index contributed by atoms with van der Waals surface area (Å²) in [7, 11) is 0. The molecule has 0 bridgehead atoms. The zero-order valence-electron chi connectivity index (χ0n) is 11.8. The Morgan fingerprint density at radius 1 is 1.32 bits per heavy atom. The molecule has 5 nitrogen and oxygen atoms in total. The van der Waals surface area contributed by atoms with Crippen molar-refractivity contribution in [2.24, 2.45) is 11.7 Å². The lowest BCUT2D eigenvalue weighted by molar-refractivity contribution is 0.353. The Bertz CT molecular complexity index is 495. The van der Waals surface area contributed by atoms with E-state index >= 15 is 0 Å². The van der Waals surface area contributed by atoms with Gasteiger partial charge in [0.05, 0.1) is 5.69 Å². The summed E-state index contributed by atoms with van der Waals surface area (Å²) < 4.78 is 0. The molecule has 1 aliphatic heterocycles. The van der Waals surface area contributed by atoms with E-state index in [1.807, 2.05) is 13.8 Å². The lowest BCUT2D eigenvalue weighted by atomic mass is 9.91. The normalized spacial score (nSPS) is 18.2. The van der Waals surface area contributed by atoms with Crippen molar-refractivity contribution in [2.75, 3.05) is 18.0 Å². The van der Waals surface area contributed by atoms with E-state index in [1.54, 1.807) is 0 Å². The summed E-state index contributed by atoms with van der Waals surface area (Å²) >= 11 is 0. The molecule has 0 radical (unpaired) electrons. The lowest BCUT2D eigenvalue weighted by Gasteiger charge is -2.34. The number of nitrogens with two attached hydrogens (primary N) is 1. The SMILES string of the molecule is Cc1nnc(N2CCC(C(C)N)CC2)c(C#N)c1C. The van der Waals surface area contributed by atoms with Crippen LogP contribution in [0.1, 0.15) is 36.6 Å². The van der Waals surface area contributed by atoms with E-state index in [2.05, 4.69) is 28.1 Å². The highest BCUT2D eigenvalue weighted by Gasteiger charge is 2.25. The average Bonchev–Trinajstić information content (AvgIpc) is 2.41. The quantitative estimate of drug-likeness (QED) is 0.871. The Kier molecular flexibility index (Phi) is 4.01. The van der Waals surface area contributed by atoms with Crippen molar-refractivity contribution >= 4 is 5.82 Å². The number of nitriles is 1. The summed E-state index contributed by atoms with van der Waals surface area (Å²) in [5.41, 5.74) is 8.37. The summed E-state index contributed by atoms with van der Waals surface area (Å²) in [6.07, 6.45) is 2.11. The van der Waals surface area contributed by atoms with Gasteiger partial charge in [-0.3, -0.25) is 0 Å². The molecule has 1 aliphatic rings. The van der Waals surface area contributed by atoms with Gasteiger partial charge in [0, 0.05) is 19.1 Å². The van der Waals surface area contributed by atoms with Crippen LogP contribution in [-0.4, -0.2) is 29.3 Å². The molecule has 1 fully saturated rings. The van der Waals surface area contributed by atoms with Crippen LogP contribution in [-0.2, 0) is 0 Å². The summed E-state index contributed by atoms with van der Waals surface area (Å²) in [5.74, 6) is 1.30. The van der Waals surface area contributed by atoms with Crippen molar-refractivity contribution in [3.05, 3.63) is 16.8 Å². The van der Waals surface area contributed by atoms with E-state index in [0.29, 0.717) is 11.5 Å². The van der Waals surface area contributed by atoms with Crippen molar-refractivity contribution in [3.8, 4) is 6.07 Å². The smallest absolute Gasteiger partial charge is 0.169 e. The number of anilines is 1. The molecule has 0 amide bonds. The standard InChI is InChI=1S/C14H21N5/c1-9-11(3)17-18-14(13(9)8-15)19-6-4-12(5-7-19)10(2)16/h10,12H,4-7,16H2,1-3H3. The van der Waals surface area contributed by atoms with Gasteiger partial charge in [-0.2, -0.15) is 10.4 Å². The largest absolute Gasteiger partial charge is 0.354 e. The van der Waals surface area contributed by atoms with E-state index in [-0.39, 0.29) is 6.04 Å². The fourth-order valence-electron chi connectivity index (χ4n) is 2.59. The molecule has 1 saturated heterocycles. The number of hydrogen-bond acceptors (Lipinski definition) is 5. The zero-order valence-corrected chi connectivity index (χ0v) is 11.8. The van der Waals surface area contributed by atoms with Crippen LogP contribution < -0.4 is 10.6 Å². The third kappa shape index (κ3) is 2.69. The van der Waals surface area contributed by atoms with Crippen LogP contribution in [0.4, 0.5) is 5.82 Å². The van der Waals surface area contributed by atoms with E-state index < -0.39 is 0 Å². The molecule has 1 aromatic heterocycles. The van der Waals surface area contributed by atoms with E-state index in [1.165, 1.54) is 0 Å². The Balaban J connectivity index is 2.21. The number of nitrogens with zero attached hydrogens (tertiary/aromatic N) is 4. The van der Waals surface area contributed by atoms with Crippen molar-refractivity contribution in [3.63, 3.8) is 0 Å². The van der Waals surface area contributed by atoms with E-state index in [4.69, 9.17) is 5.73 Å². The molecule has 5 heteroatoms. The fraction of sp³-hybridized carbons (Fsp3) is 0.643. The Labute approximate surface area is 114 Å². The zero-order chi connectivity index (χ0) is 14.0. The highest BCUT2D eigenvalue weighted by atomic mass is 15.3. The first-order valence-corrected chi connectivity index (χ1v) is 6.79. The van der Waals surface area contributed by atoms with Crippen LogP contribution in [0.2, 0.25) is 0 Å². The van der Waals surface area contributed by atoms with Crippen LogP contribution in [0.5, 0.6) is 0 Å². The Morgan fingerprint density at radius 2 is 1.95 bits per heavy atom. The van der Waals surface area contributed by atoms with Gasteiger partial charge in [0.1, 0.15) is 11.6 Å². The first kappa shape index (κ1) is 13.8. The first-order valence-electron chi connectivity index (χ1n) is 6.79. The van der Waals surface area contributed by atoms with Crippen molar-refractivity contribution in [2.45, 2.75) is 39.7 Å². The number of aryl methyl sites for hydroxylation is 1. The van der Waals surface area contributed by atoms with Gasteiger partial charge in [0.25, 0.3) is 0 Å².